The van der Waals surface area contributed by atoms with Crippen LogP contribution in [0.2, 0.25) is 0 Å². The van der Waals surface area contributed by atoms with Gasteiger partial charge in [-0.15, -0.1) is 0 Å². The van der Waals surface area contributed by atoms with Crippen LogP contribution in [0.4, 0.5) is 0 Å². The smallest absolute Gasteiger partial charge is 0.352 e. The Bertz CT molecular complexity index is 748. The SMILES string of the molecule is O=c1nc2n([C@@H]3O[C@H](CO)[C@@H](O)[C@H]3O)ccn2c(=O)[nH]1. The summed E-state index contributed by atoms with van der Waals surface area (Å²) in [5.74, 6) is -0.0337. The molecule has 1 aliphatic heterocycles. The number of ether oxygens (including phenoxy) is 1. The molecule has 0 unspecified atom stereocenters. The molecule has 1 saturated heterocycles. The van der Waals surface area contributed by atoms with Crippen molar-refractivity contribution >= 4 is 5.78 Å². The summed E-state index contributed by atoms with van der Waals surface area (Å²) in [7, 11) is 0. The van der Waals surface area contributed by atoms with E-state index in [1.807, 2.05) is 4.98 Å². The standard InChI is InChI=1S/C10H12N4O6/c15-3-4-5(16)6(17)7(20-4)13-1-2-14-9(13)11-8(18)12-10(14)19/h1-2,4-7,15-17H,3H2,(H,12,18,19)/t4-,5-,6-,7-/m1/s1. The average Bonchev–Trinajstić information content (AvgIpc) is 2.93. The zero-order valence-corrected chi connectivity index (χ0v) is 10.1. The van der Waals surface area contributed by atoms with Gasteiger partial charge in [0.05, 0.1) is 6.61 Å². The Morgan fingerprint density at radius 1 is 1.30 bits per heavy atom. The topological polar surface area (TPSA) is 142 Å². The molecule has 0 aromatic carbocycles. The van der Waals surface area contributed by atoms with Crippen molar-refractivity contribution in [2.45, 2.75) is 24.5 Å². The summed E-state index contributed by atoms with van der Waals surface area (Å²) in [5.41, 5.74) is -1.51. The van der Waals surface area contributed by atoms with Crippen LogP contribution in [-0.4, -0.2) is 59.2 Å². The molecule has 4 atom stereocenters. The molecule has 3 heterocycles. The molecular weight excluding hydrogens is 272 g/mol. The lowest BCUT2D eigenvalue weighted by Gasteiger charge is -2.16. The first kappa shape index (κ1) is 13.0. The Morgan fingerprint density at radius 3 is 2.70 bits per heavy atom. The van der Waals surface area contributed by atoms with Gasteiger partial charge in [-0.2, -0.15) is 4.98 Å². The van der Waals surface area contributed by atoms with Crippen molar-refractivity contribution in [3.63, 3.8) is 0 Å². The zero-order valence-electron chi connectivity index (χ0n) is 10.1. The molecule has 2 aromatic rings. The predicted octanol–water partition coefficient (Wildman–Crippen LogP) is -3.20. The average molecular weight is 284 g/mol. The van der Waals surface area contributed by atoms with Gasteiger partial charge in [0.2, 0.25) is 5.78 Å². The summed E-state index contributed by atoms with van der Waals surface area (Å²) >= 11 is 0. The maximum absolute atomic E-state index is 11.6. The van der Waals surface area contributed by atoms with Crippen molar-refractivity contribution in [3.05, 3.63) is 33.4 Å². The highest BCUT2D eigenvalue weighted by Crippen LogP contribution is 2.29. The van der Waals surface area contributed by atoms with Gasteiger partial charge in [0.25, 0.3) is 0 Å². The summed E-state index contributed by atoms with van der Waals surface area (Å²) in [4.78, 5) is 28.4. The summed E-state index contributed by atoms with van der Waals surface area (Å²) in [5, 5.41) is 28.7. The molecule has 0 aliphatic carbocycles. The van der Waals surface area contributed by atoms with Gasteiger partial charge in [-0.1, -0.05) is 0 Å². The van der Waals surface area contributed by atoms with E-state index in [1.54, 1.807) is 0 Å². The van der Waals surface area contributed by atoms with E-state index >= 15 is 0 Å². The van der Waals surface area contributed by atoms with Crippen LogP contribution in [0.5, 0.6) is 0 Å². The van der Waals surface area contributed by atoms with E-state index in [-0.39, 0.29) is 5.78 Å². The van der Waals surface area contributed by atoms with Crippen LogP contribution in [0.1, 0.15) is 6.23 Å². The molecule has 20 heavy (non-hydrogen) atoms. The first-order chi connectivity index (χ1) is 9.52. The molecule has 10 nitrogen and oxygen atoms in total. The number of fused-ring (bicyclic) bond motifs is 1. The normalized spacial score (nSPS) is 30.1. The third-order valence-corrected chi connectivity index (χ3v) is 3.25. The lowest BCUT2D eigenvalue weighted by Crippen LogP contribution is -2.33. The fraction of sp³-hybridized carbons (Fsp3) is 0.500. The molecule has 0 bridgehead atoms. The van der Waals surface area contributed by atoms with E-state index in [2.05, 4.69) is 4.98 Å². The molecule has 0 radical (unpaired) electrons. The van der Waals surface area contributed by atoms with Gasteiger partial charge in [-0.25, -0.2) is 14.0 Å². The molecule has 0 amide bonds. The second-order valence-corrected chi connectivity index (χ2v) is 4.45. The molecule has 1 aliphatic rings. The Balaban J connectivity index is 2.12. The number of nitrogens with one attached hydrogen (secondary N) is 1. The second-order valence-electron chi connectivity index (χ2n) is 4.45. The number of nitrogens with zero attached hydrogens (tertiary/aromatic N) is 3. The summed E-state index contributed by atoms with van der Waals surface area (Å²) in [6, 6.07) is 0. The van der Waals surface area contributed by atoms with E-state index < -0.39 is 42.5 Å². The number of hydrogen-bond acceptors (Lipinski definition) is 7. The van der Waals surface area contributed by atoms with Gasteiger partial charge in [0.15, 0.2) is 6.23 Å². The molecule has 0 spiro atoms. The summed E-state index contributed by atoms with van der Waals surface area (Å²) in [6.07, 6.45) is -1.88. The summed E-state index contributed by atoms with van der Waals surface area (Å²) < 4.78 is 7.63. The van der Waals surface area contributed by atoms with E-state index in [1.165, 1.54) is 17.0 Å². The first-order valence-corrected chi connectivity index (χ1v) is 5.85. The highest BCUT2D eigenvalue weighted by atomic mass is 16.6. The van der Waals surface area contributed by atoms with E-state index in [4.69, 9.17) is 9.84 Å². The van der Waals surface area contributed by atoms with Crippen LogP contribution in [0, 0.1) is 0 Å². The molecule has 2 aromatic heterocycles. The lowest BCUT2D eigenvalue weighted by molar-refractivity contribution is -0.0511. The van der Waals surface area contributed by atoms with Crippen molar-refractivity contribution in [2.24, 2.45) is 0 Å². The fourth-order valence-electron chi connectivity index (χ4n) is 2.25. The van der Waals surface area contributed by atoms with Gasteiger partial charge in [0.1, 0.15) is 18.3 Å². The van der Waals surface area contributed by atoms with Gasteiger partial charge >= 0.3 is 11.4 Å². The summed E-state index contributed by atoms with van der Waals surface area (Å²) in [6.45, 7) is -0.470. The Kier molecular flexibility index (Phi) is 2.94. The van der Waals surface area contributed by atoms with Crippen molar-refractivity contribution in [1.29, 1.82) is 0 Å². The predicted molar refractivity (Wildman–Crippen MR) is 63.1 cm³/mol. The Labute approximate surface area is 110 Å². The van der Waals surface area contributed by atoms with Crippen molar-refractivity contribution in [1.82, 2.24) is 18.9 Å². The molecule has 0 saturated carbocycles. The monoisotopic (exact) mass is 284 g/mol. The highest BCUT2D eigenvalue weighted by Gasteiger charge is 2.43. The quantitative estimate of drug-likeness (QED) is 0.455. The maximum atomic E-state index is 11.6. The number of aromatic amines is 1. The molecule has 3 rings (SSSR count). The third kappa shape index (κ3) is 1.78. The Morgan fingerprint density at radius 2 is 2.05 bits per heavy atom. The van der Waals surface area contributed by atoms with Crippen LogP contribution in [0.3, 0.4) is 0 Å². The van der Waals surface area contributed by atoms with E-state index in [0.717, 1.165) is 4.40 Å². The maximum Gasteiger partial charge on any atom is 0.352 e. The minimum Gasteiger partial charge on any atom is -0.394 e. The largest absolute Gasteiger partial charge is 0.394 e. The highest BCUT2D eigenvalue weighted by molar-refractivity contribution is 5.28. The number of H-pyrrole nitrogens is 1. The second kappa shape index (κ2) is 4.52. The van der Waals surface area contributed by atoms with Crippen LogP contribution < -0.4 is 11.4 Å². The number of hydrogen-bond donors (Lipinski definition) is 4. The van der Waals surface area contributed by atoms with Gasteiger partial charge in [-0.05, 0) is 0 Å². The number of aliphatic hydroxyl groups excluding tert-OH is 3. The van der Waals surface area contributed by atoms with E-state index in [0.29, 0.717) is 0 Å². The van der Waals surface area contributed by atoms with Crippen LogP contribution in [0.15, 0.2) is 22.0 Å². The zero-order chi connectivity index (χ0) is 14.4. The van der Waals surface area contributed by atoms with Crippen molar-refractivity contribution < 1.29 is 20.1 Å². The number of imidazole rings is 1. The number of aromatic nitrogens is 4. The van der Waals surface area contributed by atoms with Crippen LogP contribution >= 0.6 is 0 Å². The molecule has 10 heteroatoms. The van der Waals surface area contributed by atoms with Crippen molar-refractivity contribution in [3.8, 4) is 0 Å². The third-order valence-electron chi connectivity index (χ3n) is 3.25. The van der Waals surface area contributed by atoms with Crippen molar-refractivity contribution in [2.75, 3.05) is 6.61 Å². The molecule has 4 N–H and O–H groups in total. The van der Waals surface area contributed by atoms with E-state index in [9.17, 15) is 19.8 Å². The molecule has 1 fully saturated rings. The van der Waals surface area contributed by atoms with Crippen LogP contribution in [0.25, 0.3) is 5.78 Å². The molecule has 108 valence electrons. The lowest BCUT2D eigenvalue weighted by atomic mass is 10.1. The Hall–Kier alpha value is -2.01. The first-order valence-electron chi connectivity index (χ1n) is 5.85. The fourth-order valence-corrected chi connectivity index (χ4v) is 2.25. The van der Waals surface area contributed by atoms with Gasteiger partial charge < -0.3 is 20.1 Å². The number of aliphatic hydroxyl groups is 3. The van der Waals surface area contributed by atoms with Crippen LogP contribution in [-0.2, 0) is 4.74 Å². The van der Waals surface area contributed by atoms with Gasteiger partial charge in [0, 0.05) is 12.4 Å². The molecular formula is C10H12N4O6. The minimum atomic E-state index is -1.32. The minimum absolute atomic E-state index is 0.0337. The van der Waals surface area contributed by atoms with Gasteiger partial charge in [-0.3, -0.25) is 9.55 Å². The number of rotatable bonds is 2.